The largest absolute Gasteiger partial charge is 0.313 e. The molecule has 0 atom stereocenters. The van der Waals surface area contributed by atoms with E-state index in [2.05, 4.69) is 27.9 Å². The van der Waals surface area contributed by atoms with Crippen LogP contribution in [0, 0.1) is 11.2 Å². The van der Waals surface area contributed by atoms with Crippen LogP contribution in [0.25, 0.3) is 27.5 Å². The Kier molecular flexibility index (Phi) is 4.72. The summed E-state index contributed by atoms with van der Waals surface area (Å²) in [5.74, 6) is 0.234. The second-order valence-corrected chi connectivity index (χ2v) is 9.80. The van der Waals surface area contributed by atoms with Crippen molar-refractivity contribution >= 4 is 27.7 Å². The molecule has 0 saturated heterocycles. The minimum absolute atomic E-state index is 0.0210. The van der Waals surface area contributed by atoms with Crippen molar-refractivity contribution in [2.75, 3.05) is 0 Å². The van der Waals surface area contributed by atoms with Crippen LogP contribution in [-0.2, 0) is 0 Å². The summed E-state index contributed by atoms with van der Waals surface area (Å²) in [4.78, 5) is 12.9. The van der Waals surface area contributed by atoms with E-state index in [-0.39, 0.29) is 11.7 Å². The molecule has 0 radical (unpaired) electrons. The third-order valence-corrected chi connectivity index (χ3v) is 6.46. The van der Waals surface area contributed by atoms with Crippen molar-refractivity contribution in [1.29, 1.82) is 0 Å². The zero-order valence-corrected chi connectivity index (χ0v) is 18.4. The Hall–Kier alpha value is -2.95. The zero-order valence-electron chi connectivity index (χ0n) is 18.4. The third kappa shape index (κ3) is 3.46. The molecule has 1 saturated carbocycles. The Morgan fingerprint density at radius 2 is 1.65 bits per heavy atom. The highest BCUT2D eigenvalue weighted by molar-refractivity contribution is 6.01. The molecule has 5 heteroatoms. The molecule has 0 unspecified atom stereocenters. The molecule has 2 aromatic carbocycles. The Morgan fingerprint density at radius 3 is 2.32 bits per heavy atom. The number of benzene rings is 2. The number of rotatable bonds is 2. The minimum Gasteiger partial charge on any atom is -0.313 e. The van der Waals surface area contributed by atoms with E-state index in [0.717, 1.165) is 27.5 Å². The molecule has 160 valence electrons. The molecular formula is C26H28FN3O. The fraction of sp³-hybridized carbons (Fsp3) is 0.385. The van der Waals surface area contributed by atoms with Gasteiger partial charge in [0.25, 0.3) is 5.91 Å². The summed E-state index contributed by atoms with van der Waals surface area (Å²) < 4.78 is 17.4. The average molecular weight is 418 g/mol. The lowest BCUT2D eigenvalue weighted by Crippen LogP contribution is -2.27. The minimum atomic E-state index is -0.513. The number of hydrogen-bond donors (Lipinski definition) is 0. The highest BCUT2D eigenvalue weighted by atomic mass is 19.1. The van der Waals surface area contributed by atoms with Gasteiger partial charge in [-0.15, -0.1) is 0 Å². The quantitative estimate of drug-likeness (QED) is 0.358. The van der Waals surface area contributed by atoms with Crippen molar-refractivity contribution in [2.45, 2.75) is 58.8 Å². The second-order valence-electron chi connectivity index (χ2n) is 9.80. The van der Waals surface area contributed by atoms with Gasteiger partial charge in [0, 0.05) is 27.6 Å². The number of carbonyl (C=O) groups is 1. The molecule has 2 aromatic heterocycles. The Bertz CT molecular complexity index is 1270. The third-order valence-electron chi connectivity index (χ3n) is 6.46. The van der Waals surface area contributed by atoms with Gasteiger partial charge in [-0.2, -0.15) is 9.78 Å². The van der Waals surface area contributed by atoms with Crippen LogP contribution in [0.15, 0.2) is 48.7 Å². The zero-order chi connectivity index (χ0) is 21.8. The second kappa shape index (κ2) is 7.33. The van der Waals surface area contributed by atoms with Crippen LogP contribution in [-0.4, -0.2) is 20.3 Å². The lowest BCUT2D eigenvalue weighted by molar-refractivity contribution is 0.0755. The monoisotopic (exact) mass is 417 g/mol. The van der Waals surface area contributed by atoms with Crippen LogP contribution in [0.1, 0.15) is 69.3 Å². The lowest BCUT2D eigenvalue weighted by atomic mass is 9.87. The molecule has 0 aliphatic heterocycles. The summed E-state index contributed by atoms with van der Waals surface area (Å²) in [5.41, 5.74) is 3.63. The molecule has 0 spiro atoms. The maximum Gasteiger partial charge on any atom is 0.252 e. The van der Waals surface area contributed by atoms with Crippen molar-refractivity contribution in [3.63, 3.8) is 0 Å². The van der Waals surface area contributed by atoms with Crippen LogP contribution >= 0.6 is 0 Å². The van der Waals surface area contributed by atoms with Gasteiger partial charge in [0.15, 0.2) is 0 Å². The maximum absolute atomic E-state index is 13.6. The molecule has 1 fully saturated rings. The fourth-order valence-corrected chi connectivity index (χ4v) is 4.81. The van der Waals surface area contributed by atoms with Gasteiger partial charge < -0.3 is 4.57 Å². The van der Waals surface area contributed by atoms with Gasteiger partial charge in [-0.25, -0.2) is 4.39 Å². The van der Waals surface area contributed by atoms with E-state index in [4.69, 9.17) is 0 Å². The number of aromatic nitrogens is 3. The first-order chi connectivity index (χ1) is 14.8. The van der Waals surface area contributed by atoms with Gasteiger partial charge in [-0.3, -0.25) is 4.79 Å². The van der Waals surface area contributed by atoms with Crippen molar-refractivity contribution in [1.82, 2.24) is 14.3 Å². The van der Waals surface area contributed by atoms with Gasteiger partial charge in [0.1, 0.15) is 5.82 Å². The van der Waals surface area contributed by atoms with Gasteiger partial charge in [0.2, 0.25) is 0 Å². The average Bonchev–Trinajstić information content (AvgIpc) is 3.33. The summed E-state index contributed by atoms with van der Waals surface area (Å²) in [5, 5.41) is 6.42. The van der Waals surface area contributed by atoms with Gasteiger partial charge in [-0.05, 0) is 61.2 Å². The fourth-order valence-electron chi connectivity index (χ4n) is 4.81. The molecule has 31 heavy (non-hydrogen) atoms. The smallest absolute Gasteiger partial charge is 0.252 e. The summed E-state index contributed by atoms with van der Waals surface area (Å²) in [7, 11) is 0. The van der Waals surface area contributed by atoms with Crippen LogP contribution in [0.3, 0.4) is 0 Å². The van der Waals surface area contributed by atoms with Crippen LogP contribution in [0.4, 0.5) is 4.39 Å². The van der Waals surface area contributed by atoms with E-state index >= 15 is 0 Å². The first-order valence-corrected chi connectivity index (χ1v) is 11.2. The van der Waals surface area contributed by atoms with Crippen LogP contribution in [0.2, 0.25) is 0 Å². The van der Waals surface area contributed by atoms with E-state index in [1.165, 1.54) is 54.6 Å². The van der Waals surface area contributed by atoms with Gasteiger partial charge in [-0.1, -0.05) is 40.0 Å². The molecule has 1 aliphatic carbocycles. The Balaban J connectivity index is 1.74. The van der Waals surface area contributed by atoms with E-state index in [0.29, 0.717) is 5.92 Å². The summed E-state index contributed by atoms with van der Waals surface area (Å²) in [6, 6.07) is 13.2. The Labute approximate surface area is 181 Å². The number of carbonyl (C=O) groups excluding carboxylic acids is 1. The normalized spacial score (nSPS) is 15.7. The molecule has 5 rings (SSSR count). The van der Waals surface area contributed by atoms with Crippen molar-refractivity contribution < 1.29 is 9.18 Å². The molecule has 4 nitrogen and oxygen atoms in total. The highest BCUT2D eigenvalue weighted by Crippen LogP contribution is 2.38. The number of nitrogens with zero attached hydrogens (tertiary/aromatic N) is 3. The van der Waals surface area contributed by atoms with Crippen LogP contribution in [0.5, 0.6) is 0 Å². The Morgan fingerprint density at radius 1 is 0.968 bits per heavy atom. The summed E-state index contributed by atoms with van der Waals surface area (Å²) >= 11 is 0. The molecule has 1 aliphatic rings. The van der Waals surface area contributed by atoms with E-state index in [1.807, 2.05) is 32.9 Å². The standard InChI is InChI=1S/C26H28FN3O/c1-26(2,3)25(31)30-24-14-18-13-22(17-7-5-4-6-8-17)29(21-11-9-20(27)10-12-21)23(18)15-19(24)16-28-30/h9-17H,4-8H2,1-3H3. The predicted molar refractivity (Wildman–Crippen MR) is 122 cm³/mol. The molecule has 0 bridgehead atoms. The number of halogens is 1. The van der Waals surface area contributed by atoms with Gasteiger partial charge >= 0.3 is 0 Å². The molecule has 4 aromatic rings. The summed E-state index contributed by atoms with van der Waals surface area (Å²) in [6.07, 6.45) is 7.89. The van der Waals surface area contributed by atoms with E-state index in [1.54, 1.807) is 6.20 Å². The van der Waals surface area contributed by atoms with Crippen molar-refractivity contribution in [3.8, 4) is 5.69 Å². The maximum atomic E-state index is 13.6. The molecule has 2 heterocycles. The number of fused-ring (bicyclic) bond motifs is 2. The summed E-state index contributed by atoms with van der Waals surface area (Å²) in [6.45, 7) is 5.73. The van der Waals surface area contributed by atoms with E-state index in [9.17, 15) is 9.18 Å². The van der Waals surface area contributed by atoms with E-state index < -0.39 is 5.41 Å². The molecular weight excluding hydrogens is 389 g/mol. The molecule has 0 amide bonds. The predicted octanol–water partition coefficient (Wildman–Crippen LogP) is 6.85. The highest BCUT2D eigenvalue weighted by Gasteiger charge is 2.26. The topological polar surface area (TPSA) is 39.8 Å². The first kappa shape index (κ1) is 20.0. The first-order valence-electron chi connectivity index (χ1n) is 11.2. The molecule has 0 N–H and O–H groups in total. The van der Waals surface area contributed by atoms with Gasteiger partial charge in [0.05, 0.1) is 17.2 Å². The SMILES string of the molecule is CC(C)(C)C(=O)n1ncc2cc3c(cc(C4CCCCC4)n3-c3ccc(F)cc3)cc21. The number of hydrogen-bond acceptors (Lipinski definition) is 2. The lowest BCUT2D eigenvalue weighted by Gasteiger charge is -2.24. The van der Waals surface area contributed by atoms with Crippen molar-refractivity contribution in [3.05, 3.63) is 60.2 Å². The van der Waals surface area contributed by atoms with Crippen molar-refractivity contribution in [2.24, 2.45) is 5.41 Å². The van der Waals surface area contributed by atoms with Crippen LogP contribution < -0.4 is 0 Å².